The molecule has 0 heterocycles. The predicted octanol–water partition coefficient (Wildman–Crippen LogP) is 14.3. The first kappa shape index (κ1) is 29.2. The normalized spacial score (nSPS) is 11.5. The molecule has 10 aromatic rings. The van der Waals surface area contributed by atoms with Gasteiger partial charge in [0.15, 0.2) is 0 Å². The van der Waals surface area contributed by atoms with Crippen LogP contribution in [0.2, 0.25) is 0 Å². The zero-order chi connectivity index (χ0) is 33.7. The minimum absolute atomic E-state index is 1.11. The Hall–Kier alpha value is -6.70. The van der Waals surface area contributed by atoms with Crippen molar-refractivity contribution in [3.63, 3.8) is 0 Å². The molecule has 0 aliphatic heterocycles. The Bertz CT molecular complexity index is 2900. The fourth-order valence-corrected chi connectivity index (χ4v) is 7.96. The summed E-state index contributed by atoms with van der Waals surface area (Å²) in [4.78, 5) is 2.44. The number of hydrogen-bond acceptors (Lipinski definition) is 1. The van der Waals surface area contributed by atoms with Crippen molar-refractivity contribution in [2.75, 3.05) is 4.90 Å². The molecule has 0 radical (unpaired) electrons. The van der Waals surface area contributed by atoms with Crippen molar-refractivity contribution in [2.24, 2.45) is 0 Å². The average Bonchev–Trinajstić information content (AvgIpc) is 3.21. The van der Waals surface area contributed by atoms with E-state index < -0.39 is 0 Å². The average molecular weight is 648 g/mol. The third-order valence-corrected chi connectivity index (χ3v) is 10.4. The van der Waals surface area contributed by atoms with E-state index in [1.807, 2.05) is 0 Å². The maximum absolute atomic E-state index is 2.44. The van der Waals surface area contributed by atoms with Gasteiger partial charge in [-0.15, -0.1) is 0 Å². The monoisotopic (exact) mass is 647 g/mol. The molecule has 0 unspecified atom stereocenters. The number of anilines is 3. The Kier molecular flexibility index (Phi) is 6.89. The molecule has 0 bridgehead atoms. The van der Waals surface area contributed by atoms with Gasteiger partial charge in [-0.05, 0) is 95.5 Å². The summed E-state index contributed by atoms with van der Waals surface area (Å²) in [7, 11) is 0. The standard InChI is InChI=1S/C50H33N/c1-2-12-35(13-3-1)43-18-10-11-21-49(43)51(50-33-39-15-5-7-17-42(39)44-19-8-9-20-47(44)50)40-28-24-34(25-29-40)38-23-22-37-27-30-45-41-16-6-4-14-36(41)26-31-46(45)48(37)32-38/h1-33H. The Labute approximate surface area is 297 Å². The molecular formula is C50H33N. The molecular weight excluding hydrogens is 615 g/mol. The maximum Gasteiger partial charge on any atom is 0.0546 e. The van der Waals surface area contributed by atoms with Crippen LogP contribution in [0.15, 0.2) is 200 Å². The van der Waals surface area contributed by atoms with E-state index in [4.69, 9.17) is 0 Å². The first-order chi connectivity index (χ1) is 25.3. The van der Waals surface area contributed by atoms with Crippen LogP contribution in [0.3, 0.4) is 0 Å². The van der Waals surface area contributed by atoms with Crippen LogP contribution in [0.4, 0.5) is 17.1 Å². The van der Waals surface area contributed by atoms with Crippen molar-refractivity contribution >= 4 is 70.9 Å². The van der Waals surface area contributed by atoms with E-state index >= 15 is 0 Å². The SMILES string of the molecule is c1ccc(-c2ccccc2N(c2ccc(-c3ccc4ccc5c6ccccc6ccc5c4c3)cc2)c2cc3ccccc3c3ccccc23)cc1. The zero-order valence-electron chi connectivity index (χ0n) is 28.0. The van der Waals surface area contributed by atoms with Gasteiger partial charge in [-0.3, -0.25) is 0 Å². The van der Waals surface area contributed by atoms with Gasteiger partial charge >= 0.3 is 0 Å². The lowest BCUT2D eigenvalue weighted by Gasteiger charge is -2.29. The molecule has 0 fully saturated rings. The fourth-order valence-electron chi connectivity index (χ4n) is 7.96. The van der Waals surface area contributed by atoms with Gasteiger partial charge in [0.05, 0.1) is 11.4 Å². The van der Waals surface area contributed by atoms with Gasteiger partial charge < -0.3 is 4.90 Å². The van der Waals surface area contributed by atoms with Crippen molar-refractivity contribution in [1.29, 1.82) is 0 Å². The molecule has 1 nitrogen and oxygen atoms in total. The molecule has 0 N–H and O–H groups in total. The van der Waals surface area contributed by atoms with E-state index in [-0.39, 0.29) is 0 Å². The van der Waals surface area contributed by atoms with Crippen LogP contribution in [-0.4, -0.2) is 0 Å². The van der Waals surface area contributed by atoms with Gasteiger partial charge in [-0.2, -0.15) is 0 Å². The lowest BCUT2D eigenvalue weighted by Crippen LogP contribution is -2.12. The highest BCUT2D eigenvalue weighted by Crippen LogP contribution is 2.45. The van der Waals surface area contributed by atoms with Gasteiger partial charge in [-0.25, -0.2) is 0 Å². The Balaban J connectivity index is 1.16. The van der Waals surface area contributed by atoms with E-state index in [0.717, 1.165) is 17.1 Å². The van der Waals surface area contributed by atoms with Gasteiger partial charge in [0, 0.05) is 16.6 Å². The molecule has 238 valence electrons. The summed E-state index contributed by atoms with van der Waals surface area (Å²) in [5.41, 5.74) is 8.19. The summed E-state index contributed by atoms with van der Waals surface area (Å²) < 4.78 is 0. The van der Waals surface area contributed by atoms with Crippen LogP contribution >= 0.6 is 0 Å². The molecule has 0 aliphatic rings. The number of para-hydroxylation sites is 1. The molecule has 1 heteroatoms. The molecule has 0 saturated carbocycles. The van der Waals surface area contributed by atoms with E-state index in [1.54, 1.807) is 0 Å². The van der Waals surface area contributed by atoms with Gasteiger partial charge in [0.1, 0.15) is 0 Å². The summed E-state index contributed by atoms with van der Waals surface area (Å²) in [5, 5.41) is 12.6. The third-order valence-electron chi connectivity index (χ3n) is 10.4. The number of hydrogen-bond donors (Lipinski definition) is 0. The van der Waals surface area contributed by atoms with Crippen molar-refractivity contribution in [1.82, 2.24) is 0 Å². The van der Waals surface area contributed by atoms with Gasteiger partial charge in [0.2, 0.25) is 0 Å². The molecule has 0 atom stereocenters. The van der Waals surface area contributed by atoms with Crippen LogP contribution in [-0.2, 0) is 0 Å². The van der Waals surface area contributed by atoms with Crippen LogP contribution in [0.5, 0.6) is 0 Å². The molecule has 0 aromatic heterocycles. The van der Waals surface area contributed by atoms with Crippen molar-refractivity contribution in [3.8, 4) is 22.3 Å². The molecule has 0 spiro atoms. The molecule has 10 aromatic carbocycles. The Morgan fingerprint density at radius 2 is 0.784 bits per heavy atom. The summed E-state index contributed by atoms with van der Waals surface area (Å²) in [6, 6.07) is 73.1. The number of fused-ring (bicyclic) bond motifs is 8. The van der Waals surface area contributed by atoms with Crippen LogP contribution in [0.1, 0.15) is 0 Å². The van der Waals surface area contributed by atoms with Gasteiger partial charge in [-0.1, -0.05) is 170 Å². The van der Waals surface area contributed by atoms with E-state index in [2.05, 4.69) is 205 Å². The number of rotatable bonds is 5. The summed E-state index contributed by atoms with van der Waals surface area (Å²) in [6.45, 7) is 0. The van der Waals surface area contributed by atoms with Crippen LogP contribution < -0.4 is 4.90 Å². The summed E-state index contributed by atoms with van der Waals surface area (Å²) in [6.07, 6.45) is 0. The Morgan fingerprint density at radius 3 is 1.57 bits per heavy atom. The number of nitrogens with zero attached hydrogens (tertiary/aromatic N) is 1. The summed E-state index contributed by atoms with van der Waals surface area (Å²) in [5.74, 6) is 0. The largest absolute Gasteiger partial charge is 0.309 e. The second-order valence-electron chi connectivity index (χ2n) is 13.3. The van der Waals surface area contributed by atoms with Crippen molar-refractivity contribution in [3.05, 3.63) is 200 Å². The highest BCUT2D eigenvalue weighted by atomic mass is 15.1. The Morgan fingerprint density at radius 1 is 0.255 bits per heavy atom. The maximum atomic E-state index is 2.44. The second-order valence-corrected chi connectivity index (χ2v) is 13.3. The predicted molar refractivity (Wildman–Crippen MR) is 220 cm³/mol. The lowest BCUT2D eigenvalue weighted by atomic mass is 9.94. The van der Waals surface area contributed by atoms with Crippen LogP contribution in [0.25, 0.3) is 76.1 Å². The lowest BCUT2D eigenvalue weighted by molar-refractivity contribution is 1.30. The number of benzene rings is 10. The van der Waals surface area contributed by atoms with Gasteiger partial charge in [0.25, 0.3) is 0 Å². The third kappa shape index (κ3) is 4.94. The molecule has 0 saturated heterocycles. The zero-order valence-corrected chi connectivity index (χ0v) is 28.0. The van der Waals surface area contributed by atoms with E-state index in [1.165, 1.54) is 76.1 Å². The summed E-state index contributed by atoms with van der Waals surface area (Å²) >= 11 is 0. The highest BCUT2D eigenvalue weighted by molar-refractivity contribution is 6.18. The second kappa shape index (κ2) is 12.0. The molecule has 0 amide bonds. The van der Waals surface area contributed by atoms with E-state index in [0.29, 0.717) is 0 Å². The molecule has 0 aliphatic carbocycles. The van der Waals surface area contributed by atoms with Crippen molar-refractivity contribution in [2.45, 2.75) is 0 Å². The first-order valence-corrected chi connectivity index (χ1v) is 17.6. The van der Waals surface area contributed by atoms with Crippen molar-refractivity contribution < 1.29 is 0 Å². The highest BCUT2D eigenvalue weighted by Gasteiger charge is 2.20. The fraction of sp³-hybridized carbons (Fsp3) is 0. The minimum Gasteiger partial charge on any atom is -0.309 e. The smallest absolute Gasteiger partial charge is 0.0546 e. The topological polar surface area (TPSA) is 3.24 Å². The first-order valence-electron chi connectivity index (χ1n) is 17.6. The quantitative estimate of drug-likeness (QED) is 0.168. The van der Waals surface area contributed by atoms with Crippen LogP contribution in [0, 0.1) is 0 Å². The molecule has 10 rings (SSSR count). The van der Waals surface area contributed by atoms with E-state index in [9.17, 15) is 0 Å². The molecule has 51 heavy (non-hydrogen) atoms. The minimum atomic E-state index is 1.11.